The fourth-order valence-electron chi connectivity index (χ4n) is 3.13. The molecule has 3 heteroatoms. The van der Waals surface area contributed by atoms with Crippen molar-refractivity contribution >= 4 is 23.1 Å². The monoisotopic (exact) mass is 276 g/mol. The number of benzene rings is 1. The highest BCUT2D eigenvalue weighted by molar-refractivity contribution is 8.00. The minimum Gasteiger partial charge on any atom is -0.380 e. The Balaban J connectivity index is 1.76. The summed E-state index contributed by atoms with van der Waals surface area (Å²) in [5.41, 5.74) is 2.75. The maximum atomic E-state index is 3.79. The van der Waals surface area contributed by atoms with Gasteiger partial charge < -0.3 is 10.2 Å². The average Bonchev–Trinajstić information content (AvgIpc) is 2.86. The molecule has 0 aromatic heterocycles. The lowest BCUT2D eigenvalue weighted by Crippen LogP contribution is -2.31. The zero-order valence-electron chi connectivity index (χ0n) is 11.8. The normalized spacial score (nSPS) is 27.5. The predicted molar refractivity (Wildman–Crippen MR) is 86.5 cm³/mol. The summed E-state index contributed by atoms with van der Waals surface area (Å²) in [5, 5.41) is 4.52. The molecule has 104 valence electrons. The molecule has 2 aliphatic heterocycles. The number of anilines is 2. The number of thioether (sulfide) groups is 1. The van der Waals surface area contributed by atoms with Crippen molar-refractivity contribution in [1.29, 1.82) is 0 Å². The second-order valence-electron chi connectivity index (χ2n) is 5.68. The van der Waals surface area contributed by atoms with Crippen LogP contribution in [-0.4, -0.2) is 30.1 Å². The number of hydrogen-bond donors (Lipinski definition) is 1. The zero-order chi connectivity index (χ0) is 13.1. The number of nitrogens with one attached hydrogen (secondary N) is 1. The van der Waals surface area contributed by atoms with Gasteiger partial charge in [0, 0.05) is 24.4 Å². The first-order valence-corrected chi connectivity index (χ1v) is 8.61. The number of hydrogen-bond acceptors (Lipinski definition) is 3. The van der Waals surface area contributed by atoms with Crippen LogP contribution in [0.15, 0.2) is 24.3 Å². The molecule has 2 aliphatic rings. The Kier molecular flexibility index (Phi) is 4.21. The second-order valence-corrected chi connectivity index (χ2v) is 7.17. The van der Waals surface area contributed by atoms with Gasteiger partial charge in [0.2, 0.25) is 0 Å². The smallest absolute Gasteiger partial charge is 0.0602 e. The predicted octanol–water partition coefficient (Wildman–Crippen LogP) is 3.98. The molecule has 0 radical (unpaired) electrons. The molecule has 3 rings (SSSR count). The van der Waals surface area contributed by atoms with Crippen LogP contribution in [-0.2, 0) is 0 Å². The maximum Gasteiger partial charge on any atom is 0.0602 e. The van der Waals surface area contributed by atoms with Gasteiger partial charge in [0.25, 0.3) is 0 Å². The van der Waals surface area contributed by atoms with Gasteiger partial charge in [-0.3, -0.25) is 0 Å². The first kappa shape index (κ1) is 13.2. The minimum absolute atomic E-state index is 0.635. The van der Waals surface area contributed by atoms with Gasteiger partial charge in [-0.25, -0.2) is 0 Å². The van der Waals surface area contributed by atoms with Crippen molar-refractivity contribution in [2.24, 2.45) is 0 Å². The number of para-hydroxylation sites is 2. The van der Waals surface area contributed by atoms with Crippen LogP contribution in [0.4, 0.5) is 11.4 Å². The zero-order valence-corrected chi connectivity index (χ0v) is 12.6. The molecule has 19 heavy (non-hydrogen) atoms. The van der Waals surface area contributed by atoms with Crippen LogP contribution in [0.5, 0.6) is 0 Å². The summed E-state index contributed by atoms with van der Waals surface area (Å²) in [6, 6.07) is 9.49. The molecule has 2 heterocycles. The molecule has 2 nitrogen and oxygen atoms in total. The van der Waals surface area contributed by atoms with E-state index in [0.717, 1.165) is 5.25 Å². The van der Waals surface area contributed by atoms with Crippen molar-refractivity contribution < 1.29 is 0 Å². The van der Waals surface area contributed by atoms with Gasteiger partial charge in [0.1, 0.15) is 0 Å². The largest absolute Gasteiger partial charge is 0.380 e. The lowest BCUT2D eigenvalue weighted by molar-refractivity contribution is 0.578. The molecule has 0 bridgehead atoms. The average molecular weight is 276 g/mol. The van der Waals surface area contributed by atoms with Crippen LogP contribution in [0.2, 0.25) is 0 Å². The topological polar surface area (TPSA) is 15.3 Å². The molecular formula is C16H24N2S. The minimum atomic E-state index is 0.635. The molecule has 1 aromatic carbocycles. The van der Waals surface area contributed by atoms with Crippen molar-refractivity contribution in [2.45, 2.75) is 43.9 Å². The Bertz CT molecular complexity index is 415. The molecule has 0 saturated carbocycles. The van der Waals surface area contributed by atoms with E-state index in [2.05, 4.69) is 53.2 Å². The summed E-state index contributed by atoms with van der Waals surface area (Å²) < 4.78 is 0. The van der Waals surface area contributed by atoms with E-state index in [1.165, 1.54) is 55.9 Å². The molecule has 0 aliphatic carbocycles. The van der Waals surface area contributed by atoms with Crippen molar-refractivity contribution in [1.82, 2.24) is 0 Å². The van der Waals surface area contributed by atoms with E-state index in [9.17, 15) is 0 Å². The molecule has 1 aromatic rings. The van der Waals surface area contributed by atoms with Crippen molar-refractivity contribution in [3.8, 4) is 0 Å². The van der Waals surface area contributed by atoms with E-state index >= 15 is 0 Å². The van der Waals surface area contributed by atoms with E-state index < -0.39 is 0 Å². The molecule has 2 saturated heterocycles. The SMILES string of the molecule is CC1SCCC1Nc1ccccc1N1CCCCC1. The summed E-state index contributed by atoms with van der Waals surface area (Å²) in [7, 11) is 0. The fourth-order valence-corrected chi connectivity index (χ4v) is 4.33. The summed E-state index contributed by atoms with van der Waals surface area (Å²) in [6.45, 7) is 4.78. The third kappa shape index (κ3) is 3.02. The van der Waals surface area contributed by atoms with Gasteiger partial charge in [-0.1, -0.05) is 19.1 Å². The third-order valence-corrected chi connectivity index (χ3v) is 5.64. The number of piperidine rings is 1. The van der Waals surface area contributed by atoms with Gasteiger partial charge in [-0.15, -0.1) is 0 Å². The van der Waals surface area contributed by atoms with E-state index in [0.29, 0.717) is 6.04 Å². The van der Waals surface area contributed by atoms with Gasteiger partial charge in [0.05, 0.1) is 11.4 Å². The first-order valence-electron chi connectivity index (χ1n) is 7.57. The highest BCUT2D eigenvalue weighted by Crippen LogP contribution is 2.33. The van der Waals surface area contributed by atoms with Gasteiger partial charge in [0.15, 0.2) is 0 Å². The van der Waals surface area contributed by atoms with Crippen LogP contribution in [0.25, 0.3) is 0 Å². The van der Waals surface area contributed by atoms with Gasteiger partial charge >= 0.3 is 0 Å². The lowest BCUT2D eigenvalue weighted by Gasteiger charge is -2.31. The molecular weight excluding hydrogens is 252 g/mol. The Hall–Kier alpha value is -0.830. The van der Waals surface area contributed by atoms with E-state index in [1.807, 2.05) is 0 Å². The number of nitrogens with zero attached hydrogens (tertiary/aromatic N) is 1. The summed E-state index contributed by atoms with van der Waals surface area (Å²) in [5.74, 6) is 1.30. The second kappa shape index (κ2) is 6.08. The fraction of sp³-hybridized carbons (Fsp3) is 0.625. The Labute approximate surface area is 121 Å². The Morgan fingerprint density at radius 3 is 2.68 bits per heavy atom. The lowest BCUT2D eigenvalue weighted by atomic mass is 10.1. The first-order chi connectivity index (χ1) is 9.34. The number of rotatable bonds is 3. The third-order valence-electron chi connectivity index (χ3n) is 4.32. The van der Waals surface area contributed by atoms with E-state index in [-0.39, 0.29) is 0 Å². The molecule has 2 atom stereocenters. The molecule has 0 amide bonds. The van der Waals surface area contributed by atoms with Crippen LogP contribution in [0.1, 0.15) is 32.6 Å². The maximum absolute atomic E-state index is 3.79. The van der Waals surface area contributed by atoms with E-state index in [4.69, 9.17) is 0 Å². The van der Waals surface area contributed by atoms with Crippen LogP contribution in [0, 0.1) is 0 Å². The van der Waals surface area contributed by atoms with Gasteiger partial charge in [-0.2, -0.15) is 11.8 Å². The van der Waals surface area contributed by atoms with Crippen LogP contribution in [0.3, 0.4) is 0 Å². The van der Waals surface area contributed by atoms with Gasteiger partial charge in [-0.05, 0) is 43.6 Å². The van der Waals surface area contributed by atoms with Crippen LogP contribution >= 0.6 is 11.8 Å². The highest BCUT2D eigenvalue weighted by atomic mass is 32.2. The summed E-state index contributed by atoms with van der Waals surface area (Å²) in [4.78, 5) is 2.55. The Morgan fingerprint density at radius 1 is 1.16 bits per heavy atom. The highest BCUT2D eigenvalue weighted by Gasteiger charge is 2.25. The quantitative estimate of drug-likeness (QED) is 0.899. The molecule has 2 fully saturated rings. The summed E-state index contributed by atoms with van der Waals surface area (Å²) in [6.07, 6.45) is 5.36. The van der Waals surface area contributed by atoms with Crippen LogP contribution < -0.4 is 10.2 Å². The molecule has 2 unspecified atom stereocenters. The molecule has 1 N–H and O–H groups in total. The summed E-state index contributed by atoms with van der Waals surface area (Å²) >= 11 is 2.09. The van der Waals surface area contributed by atoms with E-state index in [1.54, 1.807) is 0 Å². The van der Waals surface area contributed by atoms with Crippen molar-refractivity contribution in [3.63, 3.8) is 0 Å². The van der Waals surface area contributed by atoms with Crippen molar-refractivity contribution in [3.05, 3.63) is 24.3 Å². The Morgan fingerprint density at radius 2 is 1.95 bits per heavy atom. The molecule has 0 spiro atoms. The standard InChI is InChI=1S/C16H24N2S/c1-13-14(9-12-19-13)17-15-7-3-4-8-16(15)18-10-5-2-6-11-18/h3-4,7-8,13-14,17H,2,5-6,9-12H2,1H3. The van der Waals surface area contributed by atoms with Crippen molar-refractivity contribution in [2.75, 3.05) is 29.1 Å².